The van der Waals surface area contributed by atoms with Crippen molar-refractivity contribution in [2.24, 2.45) is 7.05 Å². The lowest BCUT2D eigenvalue weighted by molar-refractivity contribution is -0.119. The van der Waals surface area contributed by atoms with Gasteiger partial charge in [-0.1, -0.05) is 11.6 Å². The van der Waals surface area contributed by atoms with Gasteiger partial charge in [-0.3, -0.25) is 14.5 Å². The quantitative estimate of drug-likeness (QED) is 0.509. The lowest BCUT2D eigenvalue weighted by atomic mass is 10.0. The molecule has 35 heavy (non-hydrogen) atoms. The Morgan fingerprint density at radius 3 is 2.83 bits per heavy atom. The van der Waals surface area contributed by atoms with Crippen LogP contribution >= 0.6 is 23.4 Å². The Labute approximate surface area is 208 Å². The topological polar surface area (TPSA) is 104 Å². The number of imide groups is 1. The maximum Gasteiger partial charge on any atom is 0.332 e. The molecule has 2 aromatic heterocycles. The number of carbonyl (C=O) groups excluding carboxylic acids is 2. The average molecular weight is 513 g/mol. The van der Waals surface area contributed by atoms with Crippen LogP contribution < -0.4 is 9.64 Å². The minimum absolute atomic E-state index is 0.0140. The molecule has 1 aromatic carbocycles. The van der Waals surface area contributed by atoms with Gasteiger partial charge in [0.15, 0.2) is 11.6 Å². The van der Waals surface area contributed by atoms with E-state index in [4.69, 9.17) is 16.3 Å². The van der Waals surface area contributed by atoms with E-state index in [1.165, 1.54) is 36.0 Å². The summed E-state index contributed by atoms with van der Waals surface area (Å²) in [6, 6.07) is 3.52. The van der Waals surface area contributed by atoms with E-state index in [9.17, 15) is 19.2 Å². The number of hydrogen-bond donors (Lipinski definition) is 0. The standard InChI is InChI=1S/C23H18ClFN6O3S/c1-29-20-12(10-28-29)9-27-11-17(20)31-22(32)21-16(30(23(31)33)5-3-4-26)8-19(35-21)13-6-18(34-2)15(25)7-14(13)24/h6-11,16,21H,3,5H2,1-2H3. The predicted molar refractivity (Wildman–Crippen MR) is 129 cm³/mol. The number of ether oxygens (including phenoxy) is 1. The summed E-state index contributed by atoms with van der Waals surface area (Å²) in [6.45, 7) is 0.125. The van der Waals surface area contributed by atoms with Crippen molar-refractivity contribution in [2.75, 3.05) is 18.6 Å². The molecular weight excluding hydrogens is 495 g/mol. The summed E-state index contributed by atoms with van der Waals surface area (Å²) in [5, 5.41) is 13.5. The number of hydrogen-bond acceptors (Lipinski definition) is 7. The van der Waals surface area contributed by atoms with Crippen molar-refractivity contribution in [1.82, 2.24) is 19.7 Å². The maximum atomic E-state index is 14.1. The summed E-state index contributed by atoms with van der Waals surface area (Å²) in [5.74, 6) is -1.02. The highest BCUT2D eigenvalue weighted by Crippen LogP contribution is 2.48. The van der Waals surface area contributed by atoms with E-state index >= 15 is 0 Å². The summed E-state index contributed by atoms with van der Waals surface area (Å²) < 4.78 is 20.8. The van der Waals surface area contributed by atoms with E-state index in [-0.39, 0.29) is 23.7 Å². The van der Waals surface area contributed by atoms with Crippen molar-refractivity contribution >= 4 is 56.8 Å². The number of pyridine rings is 1. The Hall–Kier alpha value is -3.62. The van der Waals surface area contributed by atoms with Crippen LogP contribution in [0.1, 0.15) is 12.0 Å². The normalized spacial score (nSPS) is 19.7. The molecule has 3 aromatic rings. The number of rotatable bonds is 5. The summed E-state index contributed by atoms with van der Waals surface area (Å²) in [5.41, 5.74) is 1.39. The maximum absolute atomic E-state index is 14.1. The molecule has 0 aliphatic carbocycles. The first-order valence-electron chi connectivity index (χ1n) is 10.5. The Morgan fingerprint density at radius 2 is 2.09 bits per heavy atom. The third kappa shape index (κ3) is 3.69. The monoisotopic (exact) mass is 512 g/mol. The number of fused-ring (bicyclic) bond motifs is 2. The SMILES string of the molecule is COc1cc(C2=CC3C(S2)C(=O)N(c2cncc4cnn(C)c24)C(=O)N3CCC#N)c(Cl)cc1F. The van der Waals surface area contributed by atoms with Gasteiger partial charge in [0, 0.05) is 35.6 Å². The molecule has 2 aliphatic heterocycles. The van der Waals surface area contributed by atoms with Crippen molar-refractivity contribution in [2.45, 2.75) is 17.7 Å². The number of aryl methyl sites for hydroxylation is 1. The number of benzene rings is 1. The van der Waals surface area contributed by atoms with Crippen LogP contribution in [-0.4, -0.2) is 56.5 Å². The zero-order valence-corrected chi connectivity index (χ0v) is 20.2. The lowest BCUT2D eigenvalue weighted by Gasteiger charge is -2.40. The van der Waals surface area contributed by atoms with Crippen LogP contribution in [0.2, 0.25) is 5.02 Å². The molecule has 0 radical (unpaired) electrons. The Kier molecular flexibility index (Phi) is 5.86. The number of halogens is 2. The largest absolute Gasteiger partial charge is 0.494 e. The van der Waals surface area contributed by atoms with Gasteiger partial charge in [-0.15, -0.1) is 11.8 Å². The third-order valence-corrected chi connectivity index (χ3v) is 7.64. The van der Waals surface area contributed by atoms with Crippen LogP contribution in [0.3, 0.4) is 0 Å². The molecule has 9 nitrogen and oxygen atoms in total. The summed E-state index contributed by atoms with van der Waals surface area (Å²) in [7, 11) is 3.07. The van der Waals surface area contributed by atoms with Gasteiger partial charge in [-0.05, 0) is 18.2 Å². The van der Waals surface area contributed by atoms with Gasteiger partial charge in [-0.25, -0.2) is 14.1 Å². The molecule has 0 N–H and O–H groups in total. The van der Waals surface area contributed by atoms with E-state index in [0.717, 1.165) is 11.0 Å². The van der Waals surface area contributed by atoms with Crippen LogP contribution in [0.5, 0.6) is 5.75 Å². The number of anilines is 1. The molecule has 5 rings (SSSR count). The molecule has 2 atom stereocenters. The van der Waals surface area contributed by atoms with Crippen LogP contribution in [0.25, 0.3) is 15.8 Å². The molecule has 4 heterocycles. The van der Waals surface area contributed by atoms with Gasteiger partial charge < -0.3 is 9.64 Å². The zero-order chi connectivity index (χ0) is 24.9. The van der Waals surface area contributed by atoms with Crippen LogP contribution in [0.4, 0.5) is 14.9 Å². The average Bonchev–Trinajstić information content (AvgIpc) is 3.44. The summed E-state index contributed by atoms with van der Waals surface area (Å²) in [4.78, 5) is 34.8. The van der Waals surface area contributed by atoms with Gasteiger partial charge in [-0.2, -0.15) is 10.4 Å². The highest BCUT2D eigenvalue weighted by atomic mass is 35.5. The molecule has 0 bridgehead atoms. The van der Waals surface area contributed by atoms with Crippen LogP contribution in [-0.2, 0) is 11.8 Å². The molecule has 12 heteroatoms. The smallest absolute Gasteiger partial charge is 0.332 e. The van der Waals surface area contributed by atoms with Crippen molar-refractivity contribution < 1.29 is 18.7 Å². The van der Waals surface area contributed by atoms with E-state index < -0.39 is 29.0 Å². The first-order valence-corrected chi connectivity index (χ1v) is 11.8. The first kappa shape index (κ1) is 23.1. The van der Waals surface area contributed by atoms with Gasteiger partial charge >= 0.3 is 6.03 Å². The van der Waals surface area contributed by atoms with Gasteiger partial charge in [0.25, 0.3) is 5.91 Å². The highest BCUT2D eigenvalue weighted by molar-refractivity contribution is 8.09. The van der Waals surface area contributed by atoms with Gasteiger partial charge in [0.2, 0.25) is 0 Å². The second-order valence-corrected chi connectivity index (χ2v) is 9.54. The summed E-state index contributed by atoms with van der Waals surface area (Å²) >= 11 is 7.56. The van der Waals surface area contributed by atoms with E-state index in [1.54, 1.807) is 30.2 Å². The molecule has 2 aliphatic rings. The number of nitriles is 1. The lowest BCUT2D eigenvalue weighted by Crippen LogP contribution is -2.62. The molecule has 0 saturated carbocycles. The highest BCUT2D eigenvalue weighted by Gasteiger charge is 2.50. The number of methoxy groups -OCH3 is 1. The first-order chi connectivity index (χ1) is 16.8. The number of amides is 3. The number of urea groups is 1. The number of aromatic nitrogens is 3. The zero-order valence-electron chi connectivity index (χ0n) is 18.6. The van der Waals surface area contributed by atoms with E-state index in [0.29, 0.717) is 27.1 Å². The molecule has 3 amide bonds. The molecule has 178 valence electrons. The van der Waals surface area contributed by atoms with E-state index in [1.807, 2.05) is 0 Å². The molecule has 2 unspecified atom stereocenters. The van der Waals surface area contributed by atoms with Crippen LogP contribution in [0, 0.1) is 17.1 Å². The number of thioether (sulfide) groups is 1. The van der Waals surface area contributed by atoms with Crippen molar-refractivity contribution in [1.29, 1.82) is 5.26 Å². The van der Waals surface area contributed by atoms with Crippen molar-refractivity contribution in [3.63, 3.8) is 0 Å². The molecule has 1 saturated heterocycles. The number of nitrogens with zero attached hydrogens (tertiary/aromatic N) is 6. The van der Waals surface area contributed by atoms with Gasteiger partial charge in [0.05, 0.1) is 54.3 Å². The number of carbonyl (C=O) groups is 2. The molecular formula is C23H18ClFN6O3S. The van der Waals surface area contributed by atoms with Crippen molar-refractivity contribution in [3.8, 4) is 11.8 Å². The minimum Gasteiger partial charge on any atom is -0.494 e. The molecule has 0 spiro atoms. The summed E-state index contributed by atoms with van der Waals surface area (Å²) in [6.07, 6.45) is 6.52. The minimum atomic E-state index is -0.697. The third-order valence-electron chi connectivity index (χ3n) is 5.98. The molecule has 1 fully saturated rings. The van der Waals surface area contributed by atoms with Crippen LogP contribution in [0.15, 0.2) is 36.8 Å². The fraction of sp³-hybridized carbons (Fsp3) is 0.261. The second kappa shape index (κ2) is 8.87. The fourth-order valence-corrected chi connectivity index (χ4v) is 6.02. The second-order valence-electron chi connectivity index (χ2n) is 7.95. The Balaban J connectivity index is 1.59. The Morgan fingerprint density at radius 1 is 1.29 bits per heavy atom. The van der Waals surface area contributed by atoms with Crippen molar-refractivity contribution in [3.05, 3.63) is 53.2 Å². The predicted octanol–water partition coefficient (Wildman–Crippen LogP) is 3.98. The fourth-order valence-electron chi connectivity index (χ4n) is 4.36. The van der Waals surface area contributed by atoms with Gasteiger partial charge in [0.1, 0.15) is 5.25 Å². The van der Waals surface area contributed by atoms with E-state index in [2.05, 4.69) is 16.2 Å². The Bertz CT molecular complexity index is 1450.